The van der Waals surface area contributed by atoms with Gasteiger partial charge in [0, 0.05) is 79.1 Å². The van der Waals surface area contributed by atoms with Crippen LogP contribution in [0.1, 0.15) is 5.69 Å². The maximum Gasteiger partial charge on any atom is 0.433 e. The number of aromatic nitrogens is 3. The Kier molecular flexibility index (Phi) is 6.13. The standard InChI is InChI=1S/C22H22ClF3N6S/c23-15-1-2-16-17(13-15)27-4-3-18(16)30-5-7-31(8-6-30)20-14-19(22(24,25)26)28-21(29-20)32-9-11-33-12-10-32/h1-4,13-14H,5-12H2. The summed E-state index contributed by atoms with van der Waals surface area (Å²) in [7, 11) is 0. The number of thioether (sulfide) groups is 1. The van der Waals surface area contributed by atoms with Gasteiger partial charge in [-0.15, -0.1) is 0 Å². The van der Waals surface area contributed by atoms with E-state index in [1.807, 2.05) is 34.1 Å². The van der Waals surface area contributed by atoms with E-state index in [1.165, 1.54) is 0 Å². The van der Waals surface area contributed by atoms with E-state index in [-0.39, 0.29) is 5.95 Å². The average Bonchev–Trinajstić information content (AvgIpc) is 2.83. The smallest absolute Gasteiger partial charge is 0.367 e. The average molecular weight is 495 g/mol. The van der Waals surface area contributed by atoms with Crippen LogP contribution in [-0.4, -0.2) is 65.7 Å². The normalized spacial score (nSPS) is 17.6. The van der Waals surface area contributed by atoms with E-state index in [2.05, 4.69) is 19.9 Å². The first-order valence-corrected chi connectivity index (χ1v) is 12.2. The fourth-order valence-electron chi connectivity index (χ4n) is 4.19. The molecule has 0 aliphatic carbocycles. The quantitative estimate of drug-likeness (QED) is 0.528. The molecule has 6 nitrogen and oxygen atoms in total. The van der Waals surface area contributed by atoms with Crippen LogP contribution < -0.4 is 14.7 Å². The van der Waals surface area contributed by atoms with Crippen molar-refractivity contribution in [1.29, 1.82) is 0 Å². The molecule has 0 saturated carbocycles. The molecule has 0 N–H and O–H groups in total. The van der Waals surface area contributed by atoms with Gasteiger partial charge in [-0.3, -0.25) is 4.98 Å². The van der Waals surface area contributed by atoms with Gasteiger partial charge in [0.05, 0.1) is 5.52 Å². The van der Waals surface area contributed by atoms with Crippen LogP contribution in [0.3, 0.4) is 0 Å². The van der Waals surface area contributed by atoms with Crippen LogP contribution in [0.2, 0.25) is 5.02 Å². The second-order valence-electron chi connectivity index (χ2n) is 7.97. The molecular formula is C22H22ClF3N6S. The SMILES string of the molecule is FC(F)(F)c1cc(N2CCN(c3ccnc4cc(Cl)ccc34)CC2)nc(N2CCSCC2)n1. The Bertz CT molecular complexity index is 1150. The molecule has 33 heavy (non-hydrogen) atoms. The second-order valence-corrected chi connectivity index (χ2v) is 9.64. The summed E-state index contributed by atoms with van der Waals surface area (Å²) in [4.78, 5) is 18.8. The van der Waals surface area contributed by atoms with Gasteiger partial charge in [-0.05, 0) is 24.3 Å². The highest BCUT2D eigenvalue weighted by atomic mass is 35.5. The molecule has 0 spiro atoms. The number of piperazine rings is 1. The molecule has 2 aliphatic rings. The molecule has 2 fully saturated rings. The minimum atomic E-state index is -4.52. The summed E-state index contributed by atoms with van der Waals surface area (Å²) < 4.78 is 40.8. The molecule has 1 aromatic carbocycles. The van der Waals surface area contributed by atoms with E-state index >= 15 is 0 Å². The van der Waals surface area contributed by atoms with E-state index in [1.54, 1.807) is 18.0 Å². The summed E-state index contributed by atoms with van der Waals surface area (Å²) in [5.41, 5.74) is 0.971. The third-order valence-corrected chi connectivity index (χ3v) is 7.09. The largest absolute Gasteiger partial charge is 0.433 e. The van der Waals surface area contributed by atoms with Gasteiger partial charge in [0.1, 0.15) is 5.82 Å². The van der Waals surface area contributed by atoms with E-state index in [0.717, 1.165) is 34.2 Å². The Hall–Kier alpha value is -2.46. The van der Waals surface area contributed by atoms with Crippen molar-refractivity contribution in [2.24, 2.45) is 0 Å². The van der Waals surface area contributed by atoms with Crippen LogP contribution in [0.25, 0.3) is 10.9 Å². The molecule has 0 atom stereocenters. The molecule has 174 valence electrons. The summed E-state index contributed by atoms with van der Waals surface area (Å²) >= 11 is 7.89. The number of fused-ring (bicyclic) bond motifs is 1. The molecule has 0 unspecified atom stereocenters. The molecular weight excluding hydrogens is 473 g/mol. The molecule has 5 rings (SSSR count). The third kappa shape index (κ3) is 4.77. The predicted octanol–water partition coefficient (Wildman–Crippen LogP) is 4.58. The summed E-state index contributed by atoms with van der Waals surface area (Å²) in [5, 5.41) is 1.63. The van der Waals surface area contributed by atoms with Gasteiger partial charge in [-0.1, -0.05) is 11.6 Å². The number of hydrogen-bond acceptors (Lipinski definition) is 7. The maximum atomic E-state index is 13.6. The zero-order valence-corrected chi connectivity index (χ0v) is 19.3. The minimum absolute atomic E-state index is 0.166. The number of halogens is 4. The number of alkyl halides is 3. The number of nitrogens with zero attached hydrogens (tertiary/aromatic N) is 6. The summed E-state index contributed by atoms with van der Waals surface area (Å²) in [6.45, 7) is 3.73. The van der Waals surface area contributed by atoms with Gasteiger partial charge in [0.2, 0.25) is 5.95 Å². The first kappa shape index (κ1) is 22.3. The van der Waals surface area contributed by atoms with Gasteiger partial charge >= 0.3 is 6.18 Å². The molecule has 0 amide bonds. The fourth-order valence-corrected chi connectivity index (χ4v) is 5.26. The van der Waals surface area contributed by atoms with Crippen LogP contribution in [0, 0.1) is 0 Å². The van der Waals surface area contributed by atoms with Crippen LogP contribution in [0.4, 0.5) is 30.6 Å². The first-order valence-electron chi connectivity index (χ1n) is 10.7. The third-order valence-electron chi connectivity index (χ3n) is 5.91. The topological polar surface area (TPSA) is 48.4 Å². The Balaban J connectivity index is 1.38. The van der Waals surface area contributed by atoms with Crippen LogP contribution in [0.15, 0.2) is 36.5 Å². The molecule has 0 bridgehead atoms. The van der Waals surface area contributed by atoms with E-state index in [0.29, 0.717) is 50.1 Å². The molecule has 2 saturated heterocycles. The van der Waals surface area contributed by atoms with Crippen LogP contribution in [-0.2, 0) is 6.18 Å². The molecule has 3 aromatic rings. The molecule has 2 aromatic heterocycles. The van der Waals surface area contributed by atoms with Crippen LogP contribution >= 0.6 is 23.4 Å². The molecule has 0 radical (unpaired) electrons. The van der Waals surface area contributed by atoms with Crippen molar-refractivity contribution in [1.82, 2.24) is 15.0 Å². The molecule has 11 heteroatoms. The molecule has 4 heterocycles. The fraction of sp³-hybridized carbons (Fsp3) is 0.409. The highest BCUT2D eigenvalue weighted by molar-refractivity contribution is 7.99. The molecule has 2 aliphatic heterocycles. The number of rotatable bonds is 3. The number of benzene rings is 1. The van der Waals surface area contributed by atoms with Gasteiger partial charge in [-0.25, -0.2) is 4.98 Å². The van der Waals surface area contributed by atoms with Crippen molar-refractivity contribution in [3.8, 4) is 0 Å². The zero-order chi connectivity index (χ0) is 23.0. The summed E-state index contributed by atoms with van der Waals surface area (Å²) in [6, 6.07) is 8.66. The Morgan fingerprint density at radius 3 is 2.30 bits per heavy atom. The van der Waals surface area contributed by atoms with Gasteiger partial charge in [0.15, 0.2) is 5.69 Å². The Morgan fingerprint density at radius 1 is 0.848 bits per heavy atom. The van der Waals surface area contributed by atoms with Gasteiger partial charge < -0.3 is 14.7 Å². The predicted molar refractivity (Wildman–Crippen MR) is 128 cm³/mol. The summed E-state index contributed by atoms with van der Waals surface area (Å²) in [5.74, 6) is 2.22. The van der Waals surface area contributed by atoms with Gasteiger partial charge in [0.25, 0.3) is 0 Å². The van der Waals surface area contributed by atoms with Crippen molar-refractivity contribution >= 4 is 51.7 Å². The van der Waals surface area contributed by atoms with Crippen LogP contribution in [0.5, 0.6) is 0 Å². The second kappa shape index (κ2) is 9.06. The van der Waals surface area contributed by atoms with Crippen molar-refractivity contribution in [2.75, 3.05) is 65.5 Å². The Labute approximate surface area is 198 Å². The number of hydrogen-bond donors (Lipinski definition) is 0. The van der Waals surface area contributed by atoms with E-state index in [4.69, 9.17) is 11.6 Å². The maximum absolute atomic E-state index is 13.6. The van der Waals surface area contributed by atoms with Crippen molar-refractivity contribution in [3.63, 3.8) is 0 Å². The minimum Gasteiger partial charge on any atom is -0.367 e. The zero-order valence-electron chi connectivity index (χ0n) is 17.7. The lowest BCUT2D eigenvalue weighted by Gasteiger charge is -2.37. The monoisotopic (exact) mass is 494 g/mol. The lowest BCUT2D eigenvalue weighted by molar-refractivity contribution is -0.141. The highest BCUT2D eigenvalue weighted by Gasteiger charge is 2.35. The summed E-state index contributed by atoms with van der Waals surface area (Å²) in [6.07, 6.45) is -2.76. The lowest BCUT2D eigenvalue weighted by atomic mass is 10.1. The van der Waals surface area contributed by atoms with E-state index < -0.39 is 11.9 Å². The van der Waals surface area contributed by atoms with Gasteiger partial charge in [-0.2, -0.15) is 29.9 Å². The van der Waals surface area contributed by atoms with Crippen molar-refractivity contribution in [2.45, 2.75) is 6.18 Å². The van der Waals surface area contributed by atoms with Crippen molar-refractivity contribution < 1.29 is 13.2 Å². The highest BCUT2D eigenvalue weighted by Crippen LogP contribution is 2.33. The number of pyridine rings is 1. The lowest BCUT2D eigenvalue weighted by Crippen LogP contribution is -2.47. The van der Waals surface area contributed by atoms with E-state index in [9.17, 15) is 13.2 Å². The number of anilines is 3. The van der Waals surface area contributed by atoms with Crippen molar-refractivity contribution in [3.05, 3.63) is 47.2 Å². The first-order chi connectivity index (χ1) is 15.9. The Morgan fingerprint density at radius 2 is 1.58 bits per heavy atom.